The minimum absolute atomic E-state index is 1.23. The number of hydrogen-bond acceptors (Lipinski definition) is 1. The highest BCUT2D eigenvalue weighted by Crippen LogP contribution is 2.45. The van der Waals surface area contributed by atoms with Gasteiger partial charge in [0.2, 0.25) is 0 Å². The van der Waals surface area contributed by atoms with Crippen molar-refractivity contribution in [1.82, 2.24) is 0 Å². The highest BCUT2D eigenvalue weighted by atomic mass is 32.1. The summed E-state index contributed by atoms with van der Waals surface area (Å²) in [6.07, 6.45) is 0. The summed E-state index contributed by atoms with van der Waals surface area (Å²) in [5, 5.41) is 13.1. The van der Waals surface area contributed by atoms with Crippen LogP contribution in [0.2, 0.25) is 0 Å². The standard InChI is InChI=1S/C46H28S/c1-2-11-31(12-3-1)43-37-14-6-8-16-39(37)44(40-17-9-7-15-38(40)43)32-20-18-29(19-21-32)33-22-25-36-34(28-33)23-26-41-45-35-13-5-4-10-30(35)24-27-42(45)47-46(36)41/h1-28H. The highest BCUT2D eigenvalue weighted by molar-refractivity contribution is 7.26. The molecule has 0 atom stereocenters. The molecule has 0 fully saturated rings. The molecule has 9 aromatic carbocycles. The van der Waals surface area contributed by atoms with Gasteiger partial charge >= 0.3 is 0 Å². The zero-order valence-electron chi connectivity index (χ0n) is 25.6. The van der Waals surface area contributed by atoms with Crippen molar-refractivity contribution in [3.8, 4) is 33.4 Å². The van der Waals surface area contributed by atoms with E-state index in [-0.39, 0.29) is 0 Å². The summed E-state index contributed by atoms with van der Waals surface area (Å²) in [6.45, 7) is 0. The van der Waals surface area contributed by atoms with Crippen molar-refractivity contribution in [3.05, 3.63) is 170 Å². The van der Waals surface area contributed by atoms with Gasteiger partial charge in [0.15, 0.2) is 0 Å². The molecule has 47 heavy (non-hydrogen) atoms. The van der Waals surface area contributed by atoms with Crippen LogP contribution in [0.25, 0.3) is 96.6 Å². The molecule has 0 aliphatic heterocycles. The third-order valence-electron chi connectivity index (χ3n) is 9.84. The molecule has 1 heteroatoms. The topological polar surface area (TPSA) is 0 Å². The summed E-state index contributed by atoms with van der Waals surface area (Å²) in [5.74, 6) is 0. The van der Waals surface area contributed by atoms with E-state index in [1.54, 1.807) is 0 Å². The van der Waals surface area contributed by atoms with E-state index >= 15 is 0 Å². The van der Waals surface area contributed by atoms with Gasteiger partial charge in [-0.15, -0.1) is 11.3 Å². The SMILES string of the molecule is c1ccc(-c2c3ccccc3c(-c3ccc(-c4ccc5c(ccc6c5sc5ccc7ccccc7c56)c4)cc3)c3ccccc23)cc1. The van der Waals surface area contributed by atoms with Gasteiger partial charge < -0.3 is 0 Å². The number of thiophene rings is 1. The van der Waals surface area contributed by atoms with Crippen LogP contribution in [0, 0.1) is 0 Å². The molecule has 0 nitrogen and oxygen atoms in total. The van der Waals surface area contributed by atoms with Gasteiger partial charge in [0.25, 0.3) is 0 Å². The van der Waals surface area contributed by atoms with Gasteiger partial charge in [0.1, 0.15) is 0 Å². The van der Waals surface area contributed by atoms with Crippen LogP contribution in [-0.4, -0.2) is 0 Å². The van der Waals surface area contributed by atoms with Crippen molar-refractivity contribution in [3.63, 3.8) is 0 Å². The molecule has 1 heterocycles. The third-order valence-corrected chi connectivity index (χ3v) is 11.0. The first-order chi connectivity index (χ1) is 23.3. The fraction of sp³-hybridized carbons (Fsp3) is 0. The van der Waals surface area contributed by atoms with Gasteiger partial charge in [-0.1, -0.05) is 158 Å². The minimum Gasteiger partial charge on any atom is -0.135 e. The predicted molar refractivity (Wildman–Crippen MR) is 206 cm³/mol. The van der Waals surface area contributed by atoms with Crippen LogP contribution in [0.3, 0.4) is 0 Å². The molecule has 0 N–H and O–H groups in total. The first kappa shape index (κ1) is 26.5. The molecule has 1 aromatic heterocycles. The maximum atomic E-state index is 2.35. The van der Waals surface area contributed by atoms with Crippen LogP contribution in [0.15, 0.2) is 170 Å². The molecule has 0 saturated carbocycles. The van der Waals surface area contributed by atoms with Crippen LogP contribution in [-0.2, 0) is 0 Å². The van der Waals surface area contributed by atoms with Gasteiger partial charge in [0.05, 0.1) is 0 Å². The Hall–Kier alpha value is -5.76. The quantitative estimate of drug-likeness (QED) is 0.174. The Bertz CT molecular complexity index is 2760. The zero-order chi connectivity index (χ0) is 30.9. The zero-order valence-corrected chi connectivity index (χ0v) is 26.4. The number of hydrogen-bond donors (Lipinski definition) is 0. The van der Waals surface area contributed by atoms with Crippen LogP contribution < -0.4 is 0 Å². The van der Waals surface area contributed by atoms with E-state index in [9.17, 15) is 0 Å². The lowest BCUT2D eigenvalue weighted by Gasteiger charge is -2.18. The van der Waals surface area contributed by atoms with Gasteiger partial charge in [-0.2, -0.15) is 0 Å². The summed E-state index contributed by atoms with van der Waals surface area (Å²) >= 11 is 1.91. The normalized spacial score (nSPS) is 11.8. The van der Waals surface area contributed by atoms with Gasteiger partial charge in [-0.05, 0) is 88.6 Å². The van der Waals surface area contributed by atoms with E-state index in [1.165, 1.54) is 96.6 Å². The van der Waals surface area contributed by atoms with Crippen LogP contribution >= 0.6 is 11.3 Å². The molecule has 0 aliphatic carbocycles. The number of fused-ring (bicyclic) bond motifs is 9. The molecule has 0 unspecified atom stereocenters. The van der Waals surface area contributed by atoms with Crippen molar-refractivity contribution in [1.29, 1.82) is 0 Å². The van der Waals surface area contributed by atoms with Crippen molar-refractivity contribution in [2.45, 2.75) is 0 Å². The van der Waals surface area contributed by atoms with Crippen molar-refractivity contribution >= 4 is 74.6 Å². The highest BCUT2D eigenvalue weighted by Gasteiger charge is 2.17. The first-order valence-electron chi connectivity index (χ1n) is 16.2. The van der Waals surface area contributed by atoms with Crippen molar-refractivity contribution < 1.29 is 0 Å². The molecule has 218 valence electrons. The largest absolute Gasteiger partial charge is 0.135 e. The van der Waals surface area contributed by atoms with Gasteiger partial charge in [0, 0.05) is 20.2 Å². The minimum atomic E-state index is 1.23. The Morgan fingerprint density at radius 3 is 1.49 bits per heavy atom. The molecular weight excluding hydrogens is 585 g/mol. The molecule has 0 spiro atoms. The molecule has 0 aliphatic rings. The second-order valence-electron chi connectivity index (χ2n) is 12.4. The fourth-order valence-corrected chi connectivity index (χ4v) is 8.95. The number of benzene rings is 9. The summed E-state index contributed by atoms with van der Waals surface area (Å²) in [7, 11) is 0. The molecule has 0 radical (unpaired) electrons. The van der Waals surface area contributed by atoms with E-state index in [2.05, 4.69) is 170 Å². The Morgan fingerprint density at radius 1 is 0.298 bits per heavy atom. The summed E-state index contributed by atoms with van der Waals surface area (Å²) < 4.78 is 2.72. The molecule has 10 rings (SSSR count). The van der Waals surface area contributed by atoms with Crippen molar-refractivity contribution in [2.24, 2.45) is 0 Å². The molecule has 0 amide bonds. The lowest BCUT2D eigenvalue weighted by molar-refractivity contribution is 1.63. The van der Waals surface area contributed by atoms with Crippen LogP contribution in [0.5, 0.6) is 0 Å². The Balaban J connectivity index is 1.10. The number of rotatable bonds is 3. The van der Waals surface area contributed by atoms with Crippen LogP contribution in [0.4, 0.5) is 0 Å². The van der Waals surface area contributed by atoms with E-state index in [1.807, 2.05) is 11.3 Å². The third kappa shape index (κ3) is 4.07. The average molecular weight is 613 g/mol. The first-order valence-corrected chi connectivity index (χ1v) is 17.0. The lowest BCUT2D eigenvalue weighted by atomic mass is 9.85. The van der Waals surface area contributed by atoms with E-state index in [0.717, 1.165) is 0 Å². The predicted octanol–water partition coefficient (Wildman–Crippen LogP) is 13.7. The lowest BCUT2D eigenvalue weighted by Crippen LogP contribution is -1.90. The summed E-state index contributed by atoms with van der Waals surface area (Å²) in [5.41, 5.74) is 7.55. The molecular formula is C46H28S. The Kier molecular flexibility index (Phi) is 5.85. The molecule has 0 saturated heterocycles. The smallest absolute Gasteiger partial charge is 0.0434 e. The maximum absolute atomic E-state index is 2.35. The van der Waals surface area contributed by atoms with Crippen molar-refractivity contribution in [2.75, 3.05) is 0 Å². The Morgan fingerprint density at radius 2 is 0.809 bits per heavy atom. The monoisotopic (exact) mass is 612 g/mol. The van der Waals surface area contributed by atoms with Crippen LogP contribution in [0.1, 0.15) is 0 Å². The molecule has 0 bridgehead atoms. The van der Waals surface area contributed by atoms with Gasteiger partial charge in [-0.25, -0.2) is 0 Å². The average Bonchev–Trinajstić information content (AvgIpc) is 3.54. The van der Waals surface area contributed by atoms with E-state index < -0.39 is 0 Å². The summed E-state index contributed by atoms with van der Waals surface area (Å²) in [4.78, 5) is 0. The van der Waals surface area contributed by atoms with Gasteiger partial charge in [-0.3, -0.25) is 0 Å². The maximum Gasteiger partial charge on any atom is 0.0434 e. The van der Waals surface area contributed by atoms with E-state index in [0.29, 0.717) is 0 Å². The molecule has 10 aromatic rings. The summed E-state index contributed by atoms with van der Waals surface area (Å²) in [6, 6.07) is 62.6. The second-order valence-corrected chi connectivity index (χ2v) is 13.5. The van der Waals surface area contributed by atoms with E-state index in [4.69, 9.17) is 0 Å². The Labute approximate surface area is 276 Å². The fourth-order valence-electron chi connectivity index (χ4n) is 7.70. The second kappa shape index (κ2) is 10.4.